The van der Waals surface area contributed by atoms with Gasteiger partial charge in [-0.2, -0.15) is 15.0 Å². The molecule has 0 unspecified atom stereocenters. The predicted octanol–water partition coefficient (Wildman–Crippen LogP) is 12.4. The van der Waals surface area contributed by atoms with E-state index >= 15 is 0 Å². The monoisotopic (exact) mass is 631 g/mol. The molecular formula is C39H78N6. The van der Waals surface area contributed by atoms with Gasteiger partial charge in [0.25, 0.3) is 0 Å². The molecule has 1 aromatic rings. The number of nitrogens with zero attached hydrogens (tertiary/aromatic N) is 4. The lowest BCUT2D eigenvalue weighted by Gasteiger charge is -2.23. The van der Waals surface area contributed by atoms with Crippen LogP contribution in [0.2, 0.25) is 0 Å². The van der Waals surface area contributed by atoms with Crippen molar-refractivity contribution in [2.75, 3.05) is 35.6 Å². The molecule has 1 heterocycles. The van der Waals surface area contributed by atoms with Gasteiger partial charge in [-0.3, -0.25) is 0 Å². The van der Waals surface area contributed by atoms with Gasteiger partial charge in [-0.05, 0) is 19.3 Å². The van der Waals surface area contributed by atoms with Gasteiger partial charge in [-0.15, -0.1) is 0 Å². The molecule has 0 aliphatic heterocycles. The molecule has 3 N–H and O–H groups in total. The minimum Gasteiger partial charge on any atom is -0.368 e. The molecule has 0 fully saturated rings. The molecule has 0 spiro atoms. The Labute approximate surface area is 281 Å². The zero-order valence-corrected chi connectivity index (χ0v) is 30.7. The van der Waals surface area contributed by atoms with Crippen LogP contribution in [0.4, 0.5) is 17.8 Å². The van der Waals surface area contributed by atoms with Crippen LogP contribution in [0.15, 0.2) is 0 Å². The Balaban J connectivity index is 2.45. The van der Waals surface area contributed by atoms with Gasteiger partial charge < -0.3 is 16.0 Å². The van der Waals surface area contributed by atoms with Crippen molar-refractivity contribution < 1.29 is 0 Å². The predicted molar refractivity (Wildman–Crippen MR) is 200 cm³/mol. The molecule has 0 bridgehead atoms. The fourth-order valence-corrected chi connectivity index (χ4v) is 6.31. The van der Waals surface area contributed by atoms with Gasteiger partial charge in [-0.25, -0.2) is 0 Å². The van der Waals surface area contributed by atoms with E-state index in [1.807, 2.05) is 0 Å². The van der Waals surface area contributed by atoms with Crippen LogP contribution >= 0.6 is 0 Å². The Morgan fingerprint density at radius 3 is 1.13 bits per heavy atom. The van der Waals surface area contributed by atoms with Gasteiger partial charge in [0, 0.05) is 19.6 Å². The van der Waals surface area contributed by atoms with Crippen molar-refractivity contribution in [1.29, 1.82) is 0 Å². The molecule has 1 rings (SSSR count). The molecule has 0 amide bonds. The van der Waals surface area contributed by atoms with E-state index in [-0.39, 0.29) is 0 Å². The quantitative estimate of drug-likeness (QED) is 0.0726. The summed E-state index contributed by atoms with van der Waals surface area (Å²) in [4.78, 5) is 16.3. The maximum Gasteiger partial charge on any atom is 0.231 e. The highest BCUT2D eigenvalue weighted by Gasteiger charge is 2.13. The average Bonchev–Trinajstić information content (AvgIpc) is 3.04. The summed E-state index contributed by atoms with van der Waals surface area (Å²) in [6, 6.07) is 0. The van der Waals surface area contributed by atoms with E-state index in [4.69, 9.17) is 10.7 Å². The number of unbranched alkanes of at least 4 members (excludes halogenated alkanes) is 27. The third kappa shape index (κ3) is 26.2. The summed E-state index contributed by atoms with van der Waals surface area (Å²) in [6.07, 6.45) is 40.5. The molecule has 0 radical (unpaired) electrons. The molecule has 0 aliphatic rings. The molecule has 1 aromatic heterocycles. The van der Waals surface area contributed by atoms with Crippen LogP contribution in [0.25, 0.3) is 0 Å². The first kappa shape index (κ1) is 41.4. The molecule has 0 aliphatic carbocycles. The van der Waals surface area contributed by atoms with Crippen LogP contribution in [-0.2, 0) is 0 Å². The Bertz CT molecular complexity index is 718. The minimum absolute atomic E-state index is 0.335. The molecule has 0 aromatic carbocycles. The van der Waals surface area contributed by atoms with Crippen LogP contribution in [-0.4, -0.2) is 34.6 Å². The summed E-state index contributed by atoms with van der Waals surface area (Å²) >= 11 is 0. The number of nitrogens with one attached hydrogen (secondary N) is 1. The number of nitrogens with two attached hydrogens (primary N) is 1. The lowest BCUT2D eigenvalue weighted by molar-refractivity contribution is 0.541. The maximum atomic E-state index is 6.20. The first-order valence-corrected chi connectivity index (χ1v) is 20.2. The molecule has 0 atom stereocenters. The number of anilines is 3. The van der Waals surface area contributed by atoms with E-state index in [1.165, 1.54) is 186 Å². The van der Waals surface area contributed by atoms with Crippen molar-refractivity contribution in [3.05, 3.63) is 0 Å². The van der Waals surface area contributed by atoms with Gasteiger partial charge in [0.15, 0.2) is 0 Å². The van der Waals surface area contributed by atoms with Crippen molar-refractivity contribution >= 4 is 17.8 Å². The van der Waals surface area contributed by atoms with Crippen LogP contribution < -0.4 is 16.0 Å². The standard InChI is InChI=1S/C39H78N6/c1-4-7-10-13-16-19-22-25-28-31-34-41-38-42-37(40)43-39(44-38)45(35-32-29-26-23-20-17-14-11-8-5-2)36-33-30-27-24-21-18-15-12-9-6-3/h4-36H2,1-3H3,(H3,40,41,42,43,44). The maximum absolute atomic E-state index is 6.20. The van der Waals surface area contributed by atoms with Gasteiger partial charge >= 0.3 is 0 Å². The van der Waals surface area contributed by atoms with Gasteiger partial charge in [0.05, 0.1) is 0 Å². The van der Waals surface area contributed by atoms with Gasteiger partial charge in [0.2, 0.25) is 17.8 Å². The third-order valence-corrected chi connectivity index (χ3v) is 9.30. The first-order chi connectivity index (χ1) is 22.2. The average molecular weight is 631 g/mol. The molecule has 0 saturated carbocycles. The Kier molecular flexibility index (Phi) is 29.8. The van der Waals surface area contributed by atoms with E-state index in [0.29, 0.717) is 11.9 Å². The fourth-order valence-electron chi connectivity index (χ4n) is 6.31. The largest absolute Gasteiger partial charge is 0.368 e. The zero-order valence-electron chi connectivity index (χ0n) is 30.7. The van der Waals surface area contributed by atoms with Crippen molar-refractivity contribution in [2.45, 2.75) is 213 Å². The molecule has 6 nitrogen and oxygen atoms in total. The molecule has 45 heavy (non-hydrogen) atoms. The summed E-state index contributed by atoms with van der Waals surface area (Å²) in [5.41, 5.74) is 6.20. The minimum atomic E-state index is 0.335. The Morgan fingerprint density at radius 1 is 0.422 bits per heavy atom. The number of hydrogen-bond donors (Lipinski definition) is 2. The normalized spacial score (nSPS) is 11.4. The SMILES string of the molecule is CCCCCCCCCCCCNc1nc(N)nc(N(CCCCCCCCCCCC)CCCCCCCCCCCC)n1. The Hall–Kier alpha value is -1.59. The lowest BCUT2D eigenvalue weighted by Crippen LogP contribution is -2.28. The smallest absolute Gasteiger partial charge is 0.231 e. The third-order valence-electron chi connectivity index (χ3n) is 9.30. The second-order valence-electron chi connectivity index (χ2n) is 13.8. The summed E-state index contributed by atoms with van der Waals surface area (Å²) in [5.74, 6) is 1.74. The van der Waals surface area contributed by atoms with Crippen LogP contribution in [0.1, 0.15) is 213 Å². The number of aromatic nitrogens is 3. The molecule has 6 heteroatoms. The van der Waals surface area contributed by atoms with E-state index in [0.717, 1.165) is 32.0 Å². The summed E-state index contributed by atoms with van der Waals surface area (Å²) in [6.45, 7) is 9.79. The van der Waals surface area contributed by atoms with Crippen molar-refractivity contribution in [3.8, 4) is 0 Å². The molecular weight excluding hydrogens is 552 g/mol. The topological polar surface area (TPSA) is 80.0 Å². The van der Waals surface area contributed by atoms with Crippen LogP contribution in [0, 0.1) is 0 Å². The number of hydrogen-bond acceptors (Lipinski definition) is 6. The lowest BCUT2D eigenvalue weighted by atomic mass is 10.1. The zero-order chi connectivity index (χ0) is 32.5. The van der Waals surface area contributed by atoms with Crippen LogP contribution in [0.5, 0.6) is 0 Å². The van der Waals surface area contributed by atoms with Gasteiger partial charge in [-0.1, -0.05) is 194 Å². The highest BCUT2D eigenvalue weighted by atomic mass is 15.3. The first-order valence-electron chi connectivity index (χ1n) is 20.2. The second kappa shape index (κ2) is 32.4. The summed E-state index contributed by atoms with van der Waals surface area (Å²) in [5, 5.41) is 3.45. The van der Waals surface area contributed by atoms with E-state index < -0.39 is 0 Å². The van der Waals surface area contributed by atoms with E-state index in [9.17, 15) is 0 Å². The Morgan fingerprint density at radius 2 is 0.756 bits per heavy atom. The van der Waals surface area contributed by atoms with Crippen molar-refractivity contribution in [2.24, 2.45) is 0 Å². The number of rotatable bonds is 35. The van der Waals surface area contributed by atoms with Crippen LogP contribution in [0.3, 0.4) is 0 Å². The van der Waals surface area contributed by atoms with E-state index in [1.54, 1.807) is 0 Å². The second-order valence-corrected chi connectivity index (χ2v) is 13.8. The molecule has 0 saturated heterocycles. The van der Waals surface area contributed by atoms with Crippen molar-refractivity contribution in [1.82, 2.24) is 15.0 Å². The van der Waals surface area contributed by atoms with Crippen molar-refractivity contribution in [3.63, 3.8) is 0 Å². The highest BCUT2D eigenvalue weighted by Crippen LogP contribution is 2.18. The summed E-state index contributed by atoms with van der Waals surface area (Å²) < 4.78 is 0. The number of nitrogen functional groups attached to an aromatic ring is 1. The molecule has 264 valence electrons. The van der Waals surface area contributed by atoms with Gasteiger partial charge in [0.1, 0.15) is 0 Å². The van der Waals surface area contributed by atoms with E-state index in [2.05, 4.69) is 41.0 Å². The summed E-state index contributed by atoms with van der Waals surface area (Å²) in [7, 11) is 0. The fraction of sp³-hybridized carbons (Fsp3) is 0.923. The highest BCUT2D eigenvalue weighted by molar-refractivity contribution is 5.41.